The standard InChI is InChI=1S/C17H18N6O3/c1-11-12(2)21-10-23(17(11)25)9-15(24)22-6-3-13(8-22)26-16-14(7-18)19-4-5-20-16/h4-5,10,13H,3,6,8-9H2,1-2H3/t13-/m1/s1. The monoisotopic (exact) mass is 354 g/mol. The van der Waals surface area contributed by atoms with Crippen LogP contribution in [0.5, 0.6) is 5.88 Å². The third-order valence-corrected chi connectivity index (χ3v) is 4.37. The molecule has 2 aromatic rings. The summed E-state index contributed by atoms with van der Waals surface area (Å²) in [5.74, 6) is -0.00761. The van der Waals surface area contributed by atoms with E-state index in [0.29, 0.717) is 30.8 Å². The normalized spacial score (nSPS) is 16.3. The number of nitrogens with zero attached hydrogens (tertiary/aromatic N) is 6. The topological polar surface area (TPSA) is 114 Å². The van der Waals surface area contributed by atoms with Crippen molar-refractivity contribution in [1.82, 2.24) is 24.4 Å². The molecule has 1 atom stereocenters. The highest BCUT2D eigenvalue weighted by molar-refractivity contribution is 5.76. The van der Waals surface area contributed by atoms with Gasteiger partial charge in [0, 0.05) is 36.6 Å². The molecule has 1 fully saturated rings. The van der Waals surface area contributed by atoms with Crippen molar-refractivity contribution in [2.24, 2.45) is 0 Å². The number of carbonyl (C=O) groups excluding carboxylic acids is 1. The van der Waals surface area contributed by atoms with Crippen LogP contribution in [0.4, 0.5) is 0 Å². The van der Waals surface area contributed by atoms with E-state index in [1.165, 1.54) is 23.3 Å². The van der Waals surface area contributed by atoms with Crippen LogP contribution >= 0.6 is 0 Å². The number of likely N-dealkylation sites (tertiary alicyclic amines) is 1. The molecule has 9 nitrogen and oxygen atoms in total. The maximum absolute atomic E-state index is 12.5. The van der Waals surface area contributed by atoms with Crippen LogP contribution in [-0.2, 0) is 11.3 Å². The first-order valence-corrected chi connectivity index (χ1v) is 8.17. The third kappa shape index (κ3) is 3.54. The second kappa shape index (κ2) is 7.31. The molecule has 0 saturated carbocycles. The first kappa shape index (κ1) is 17.5. The first-order valence-electron chi connectivity index (χ1n) is 8.17. The maximum Gasteiger partial charge on any atom is 0.256 e. The molecule has 2 aromatic heterocycles. The van der Waals surface area contributed by atoms with Crippen molar-refractivity contribution in [1.29, 1.82) is 5.26 Å². The number of hydrogen-bond donors (Lipinski definition) is 0. The highest BCUT2D eigenvalue weighted by Gasteiger charge is 2.29. The third-order valence-electron chi connectivity index (χ3n) is 4.37. The van der Waals surface area contributed by atoms with Crippen molar-refractivity contribution in [2.75, 3.05) is 13.1 Å². The van der Waals surface area contributed by atoms with Gasteiger partial charge in [-0.2, -0.15) is 5.26 Å². The predicted molar refractivity (Wildman–Crippen MR) is 90.3 cm³/mol. The Morgan fingerprint density at radius 3 is 2.88 bits per heavy atom. The highest BCUT2D eigenvalue weighted by atomic mass is 16.5. The predicted octanol–water partition coefficient (Wildman–Crippen LogP) is 0.202. The van der Waals surface area contributed by atoms with Crippen molar-refractivity contribution >= 4 is 5.91 Å². The van der Waals surface area contributed by atoms with Gasteiger partial charge in [-0.1, -0.05) is 0 Å². The SMILES string of the molecule is Cc1ncn(CC(=O)N2CC[C@@H](Oc3nccnc3C#N)C2)c(=O)c1C. The first-order chi connectivity index (χ1) is 12.5. The average molecular weight is 354 g/mol. The van der Waals surface area contributed by atoms with E-state index < -0.39 is 0 Å². The minimum absolute atomic E-state index is 0.0612. The number of amides is 1. The van der Waals surface area contributed by atoms with E-state index in [1.54, 1.807) is 18.7 Å². The van der Waals surface area contributed by atoms with Crippen LogP contribution in [-0.4, -0.2) is 49.5 Å². The van der Waals surface area contributed by atoms with Crippen LogP contribution in [0.1, 0.15) is 23.4 Å². The Morgan fingerprint density at radius 1 is 1.35 bits per heavy atom. The maximum atomic E-state index is 12.5. The van der Waals surface area contributed by atoms with Gasteiger partial charge in [0.2, 0.25) is 11.6 Å². The van der Waals surface area contributed by atoms with Crippen LogP contribution in [0.3, 0.4) is 0 Å². The zero-order valence-corrected chi connectivity index (χ0v) is 14.5. The Hall–Kier alpha value is -3.28. The van der Waals surface area contributed by atoms with Gasteiger partial charge < -0.3 is 9.64 Å². The number of aromatic nitrogens is 4. The Kier molecular flexibility index (Phi) is 4.93. The van der Waals surface area contributed by atoms with Gasteiger partial charge in [-0.25, -0.2) is 15.0 Å². The largest absolute Gasteiger partial charge is 0.470 e. The molecule has 3 rings (SSSR count). The smallest absolute Gasteiger partial charge is 0.256 e. The summed E-state index contributed by atoms with van der Waals surface area (Å²) in [5, 5.41) is 9.03. The van der Waals surface area contributed by atoms with E-state index in [-0.39, 0.29) is 35.7 Å². The fourth-order valence-corrected chi connectivity index (χ4v) is 2.73. The quantitative estimate of drug-likeness (QED) is 0.770. The number of rotatable bonds is 4. The summed E-state index contributed by atoms with van der Waals surface area (Å²) in [5.41, 5.74) is 1.10. The Labute approximate surface area is 149 Å². The van der Waals surface area contributed by atoms with Crippen molar-refractivity contribution in [3.05, 3.63) is 46.0 Å². The molecule has 0 radical (unpaired) electrons. The lowest BCUT2D eigenvalue weighted by molar-refractivity contribution is -0.131. The number of nitriles is 1. The van der Waals surface area contributed by atoms with Crippen LogP contribution in [0, 0.1) is 25.2 Å². The highest BCUT2D eigenvalue weighted by Crippen LogP contribution is 2.18. The molecule has 0 aliphatic carbocycles. The van der Waals surface area contributed by atoms with Crippen molar-refractivity contribution < 1.29 is 9.53 Å². The van der Waals surface area contributed by atoms with E-state index in [2.05, 4.69) is 15.0 Å². The average Bonchev–Trinajstić information content (AvgIpc) is 3.11. The van der Waals surface area contributed by atoms with Crippen molar-refractivity contribution in [2.45, 2.75) is 32.9 Å². The molecular weight excluding hydrogens is 336 g/mol. The van der Waals surface area contributed by atoms with Gasteiger partial charge in [0.05, 0.1) is 12.9 Å². The molecule has 1 amide bonds. The number of hydrogen-bond acceptors (Lipinski definition) is 7. The van der Waals surface area contributed by atoms with Crippen molar-refractivity contribution in [3.63, 3.8) is 0 Å². The van der Waals surface area contributed by atoms with E-state index in [4.69, 9.17) is 10.00 Å². The zero-order chi connectivity index (χ0) is 18.7. The zero-order valence-electron chi connectivity index (χ0n) is 14.5. The fraction of sp³-hybridized carbons (Fsp3) is 0.412. The molecule has 0 bridgehead atoms. The Balaban J connectivity index is 1.64. The molecule has 3 heterocycles. The molecule has 1 aliphatic rings. The van der Waals surface area contributed by atoms with Gasteiger partial charge >= 0.3 is 0 Å². The second-order valence-electron chi connectivity index (χ2n) is 6.08. The molecule has 9 heteroatoms. The minimum Gasteiger partial charge on any atom is -0.470 e. The van der Waals surface area contributed by atoms with Crippen LogP contribution in [0.15, 0.2) is 23.5 Å². The summed E-state index contributed by atoms with van der Waals surface area (Å²) >= 11 is 0. The molecule has 0 N–H and O–H groups in total. The summed E-state index contributed by atoms with van der Waals surface area (Å²) in [6.45, 7) is 4.27. The fourth-order valence-electron chi connectivity index (χ4n) is 2.73. The summed E-state index contributed by atoms with van der Waals surface area (Å²) in [4.78, 5) is 38.4. The van der Waals surface area contributed by atoms with Gasteiger partial charge in [0.25, 0.3) is 11.4 Å². The molecule has 0 aromatic carbocycles. The van der Waals surface area contributed by atoms with Gasteiger partial charge in [-0.15, -0.1) is 0 Å². The summed E-state index contributed by atoms with van der Waals surface area (Å²) in [6.07, 6.45) is 4.62. The van der Waals surface area contributed by atoms with E-state index in [9.17, 15) is 9.59 Å². The molecular formula is C17H18N6O3. The van der Waals surface area contributed by atoms with Gasteiger partial charge in [0.15, 0.2) is 0 Å². The molecule has 1 saturated heterocycles. The lowest BCUT2D eigenvalue weighted by Crippen LogP contribution is -2.37. The molecule has 0 spiro atoms. The summed E-state index contributed by atoms with van der Waals surface area (Å²) in [7, 11) is 0. The molecule has 0 unspecified atom stereocenters. The van der Waals surface area contributed by atoms with Crippen LogP contribution in [0.2, 0.25) is 0 Å². The summed E-state index contributed by atoms with van der Waals surface area (Å²) < 4.78 is 7.03. The van der Waals surface area contributed by atoms with Gasteiger partial charge in [-0.3, -0.25) is 14.2 Å². The Morgan fingerprint density at radius 2 is 2.12 bits per heavy atom. The molecule has 134 valence electrons. The number of aryl methyl sites for hydroxylation is 1. The van der Waals surface area contributed by atoms with E-state index in [0.717, 1.165) is 0 Å². The van der Waals surface area contributed by atoms with Crippen LogP contribution in [0.25, 0.3) is 0 Å². The van der Waals surface area contributed by atoms with Gasteiger partial charge in [0.1, 0.15) is 18.7 Å². The number of carbonyl (C=O) groups is 1. The lowest BCUT2D eigenvalue weighted by Gasteiger charge is -2.18. The second-order valence-corrected chi connectivity index (χ2v) is 6.08. The number of ether oxygens (including phenoxy) is 1. The molecule has 1 aliphatic heterocycles. The van der Waals surface area contributed by atoms with Crippen molar-refractivity contribution in [3.8, 4) is 11.9 Å². The van der Waals surface area contributed by atoms with Crippen LogP contribution < -0.4 is 10.3 Å². The minimum atomic E-state index is -0.266. The summed E-state index contributed by atoms with van der Waals surface area (Å²) in [6, 6.07) is 1.93. The Bertz CT molecular complexity index is 933. The lowest BCUT2D eigenvalue weighted by atomic mass is 10.3. The van der Waals surface area contributed by atoms with E-state index in [1.807, 2.05) is 6.07 Å². The van der Waals surface area contributed by atoms with E-state index >= 15 is 0 Å². The molecule has 26 heavy (non-hydrogen) atoms. The van der Waals surface area contributed by atoms with Gasteiger partial charge in [-0.05, 0) is 13.8 Å².